The molecule has 1 aromatic heterocycles. The van der Waals surface area contributed by atoms with E-state index in [0.717, 1.165) is 30.4 Å². The third-order valence-electron chi connectivity index (χ3n) is 4.05. The van der Waals surface area contributed by atoms with Crippen molar-refractivity contribution in [2.45, 2.75) is 51.2 Å². The van der Waals surface area contributed by atoms with Crippen LogP contribution in [0.15, 0.2) is 6.20 Å². The fourth-order valence-electron chi connectivity index (χ4n) is 2.31. The zero-order chi connectivity index (χ0) is 15.3. The second-order valence-electron chi connectivity index (χ2n) is 6.38. The number of hydrogen-bond acceptors (Lipinski definition) is 3. The molecule has 3 rings (SSSR count). The Bertz CT molecular complexity index is 557. The molecular weight excluding hydrogens is 285 g/mol. The van der Waals surface area contributed by atoms with Gasteiger partial charge in [-0.3, -0.25) is 4.68 Å². The highest BCUT2D eigenvalue weighted by Crippen LogP contribution is 2.45. The van der Waals surface area contributed by atoms with Crippen LogP contribution in [-0.2, 0) is 11.3 Å². The van der Waals surface area contributed by atoms with E-state index in [4.69, 9.17) is 4.74 Å². The Balaban J connectivity index is 1.76. The zero-order valence-electron chi connectivity index (χ0n) is 11.7. The molecule has 0 bridgehead atoms. The number of halogens is 3. The van der Waals surface area contributed by atoms with E-state index in [-0.39, 0.29) is 16.9 Å². The van der Waals surface area contributed by atoms with Crippen molar-refractivity contribution in [1.82, 2.24) is 9.78 Å². The van der Waals surface area contributed by atoms with Crippen molar-refractivity contribution in [3.05, 3.63) is 17.5 Å². The maximum absolute atomic E-state index is 12.6. The van der Waals surface area contributed by atoms with Gasteiger partial charge in [0, 0.05) is 11.3 Å². The van der Waals surface area contributed by atoms with Crippen LogP contribution in [0, 0.1) is 5.41 Å². The summed E-state index contributed by atoms with van der Waals surface area (Å²) in [6.45, 7) is 1.18. The molecule has 2 aliphatic carbocycles. The quantitative estimate of drug-likeness (QED) is 0.784. The van der Waals surface area contributed by atoms with Crippen LogP contribution in [0.4, 0.5) is 13.2 Å². The van der Waals surface area contributed by atoms with E-state index in [2.05, 4.69) is 5.10 Å². The normalized spacial score (nSPS) is 20.4. The Morgan fingerprint density at radius 2 is 2.14 bits per heavy atom. The summed E-state index contributed by atoms with van der Waals surface area (Å²) >= 11 is 0. The minimum atomic E-state index is -4.35. The smallest absolute Gasteiger partial charge is 0.408 e. The number of aromatic nitrogens is 2. The highest BCUT2D eigenvalue weighted by Gasteiger charge is 2.40. The third kappa shape index (κ3) is 3.39. The second-order valence-corrected chi connectivity index (χ2v) is 6.38. The summed E-state index contributed by atoms with van der Waals surface area (Å²) in [6.07, 6.45) is 0.477. The molecule has 7 heteroatoms. The van der Waals surface area contributed by atoms with Crippen LogP contribution >= 0.6 is 0 Å². The first kappa shape index (κ1) is 14.4. The van der Waals surface area contributed by atoms with E-state index < -0.39 is 18.7 Å². The summed E-state index contributed by atoms with van der Waals surface area (Å²) in [5.74, 6) is -0.563. The molecular formula is C14H17F3N2O2. The average Bonchev–Trinajstić information content (AvgIpc) is 3.29. The van der Waals surface area contributed by atoms with Crippen molar-refractivity contribution < 1.29 is 22.7 Å². The maximum Gasteiger partial charge on any atom is 0.408 e. The Morgan fingerprint density at radius 3 is 2.67 bits per heavy atom. The Kier molecular flexibility index (Phi) is 3.26. The summed E-state index contributed by atoms with van der Waals surface area (Å²) in [4.78, 5) is 12.1. The van der Waals surface area contributed by atoms with Crippen LogP contribution in [0.25, 0.3) is 0 Å². The molecule has 21 heavy (non-hydrogen) atoms. The largest absolute Gasteiger partial charge is 0.461 e. The first-order valence-electron chi connectivity index (χ1n) is 7.07. The summed E-state index contributed by atoms with van der Waals surface area (Å²) in [6, 6.07) is 0. The average molecular weight is 302 g/mol. The van der Waals surface area contributed by atoms with Crippen molar-refractivity contribution in [1.29, 1.82) is 0 Å². The van der Waals surface area contributed by atoms with Crippen molar-refractivity contribution in [2.24, 2.45) is 5.41 Å². The number of hydrogen-bond donors (Lipinski definition) is 0. The third-order valence-corrected chi connectivity index (χ3v) is 4.05. The van der Waals surface area contributed by atoms with Gasteiger partial charge in [-0.25, -0.2) is 4.79 Å². The van der Waals surface area contributed by atoms with Gasteiger partial charge in [-0.1, -0.05) is 6.92 Å². The minimum absolute atomic E-state index is 0.00564. The van der Waals surface area contributed by atoms with Crippen LogP contribution in [0.1, 0.15) is 54.6 Å². The van der Waals surface area contributed by atoms with Gasteiger partial charge in [-0.2, -0.15) is 18.3 Å². The molecule has 0 atom stereocenters. The van der Waals surface area contributed by atoms with Crippen LogP contribution in [0.2, 0.25) is 0 Å². The number of nitrogens with zero attached hydrogens (tertiary/aromatic N) is 2. The molecule has 0 unspecified atom stereocenters. The fourth-order valence-corrected chi connectivity index (χ4v) is 2.31. The lowest BCUT2D eigenvalue weighted by atomic mass is 10.1. The predicted molar refractivity (Wildman–Crippen MR) is 67.9 cm³/mol. The van der Waals surface area contributed by atoms with Gasteiger partial charge in [0.25, 0.3) is 0 Å². The van der Waals surface area contributed by atoms with Gasteiger partial charge >= 0.3 is 12.1 Å². The van der Waals surface area contributed by atoms with Crippen LogP contribution in [0.5, 0.6) is 0 Å². The van der Waals surface area contributed by atoms with E-state index >= 15 is 0 Å². The molecule has 0 aliphatic heterocycles. The topological polar surface area (TPSA) is 44.1 Å². The van der Waals surface area contributed by atoms with Gasteiger partial charge in [-0.15, -0.1) is 0 Å². The minimum Gasteiger partial charge on any atom is -0.461 e. The van der Waals surface area contributed by atoms with Gasteiger partial charge in [0.2, 0.25) is 0 Å². The van der Waals surface area contributed by atoms with Crippen LogP contribution in [0.3, 0.4) is 0 Å². The molecule has 2 aliphatic rings. The monoisotopic (exact) mass is 302 g/mol. The number of rotatable bonds is 5. The molecule has 0 N–H and O–H groups in total. The molecule has 0 saturated heterocycles. The molecule has 2 fully saturated rings. The van der Waals surface area contributed by atoms with Crippen molar-refractivity contribution in [3.63, 3.8) is 0 Å². The standard InChI is InChI=1S/C14H17F3N2O2/c1-13(4-5-13)8-21-12(20)10-6-18-19(7-14(15,16)17)11(10)9-2-3-9/h6,9H,2-5,7-8H2,1H3. The van der Waals surface area contributed by atoms with Crippen molar-refractivity contribution in [3.8, 4) is 0 Å². The highest BCUT2D eigenvalue weighted by molar-refractivity contribution is 5.90. The molecule has 0 amide bonds. The highest BCUT2D eigenvalue weighted by atomic mass is 19.4. The SMILES string of the molecule is CC1(COC(=O)c2cnn(CC(F)(F)F)c2C2CC2)CC1. The molecule has 2 saturated carbocycles. The van der Waals surface area contributed by atoms with Gasteiger partial charge in [0.1, 0.15) is 12.1 Å². The van der Waals surface area contributed by atoms with Gasteiger partial charge in [-0.05, 0) is 25.7 Å². The molecule has 0 spiro atoms. The van der Waals surface area contributed by atoms with Crippen LogP contribution in [-0.4, -0.2) is 28.5 Å². The Hall–Kier alpha value is -1.53. The number of esters is 1. The molecule has 1 aromatic rings. The first-order chi connectivity index (χ1) is 9.77. The molecule has 0 radical (unpaired) electrons. The van der Waals surface area contributed by atoms with E-state index in [1.54, 1.807) is 0 Å². The molecule has 0 aromatic carbocycles. The molecule has 1 heterocycles. The van der Waals surface area contributed by atoms with Crippen LogP contribution < -0.4 is 0 Å². The molecule has 4 nitrogen and oxygen atoms in total. The Morgan fingerprint density at radius 1 is 1.48 bits per heavy atom. The lowest BCUT2D eigenvalue weighted by Crippen LogP contribution is -2.21. The van der Waals surface area contributed by atoms with Gasteiger partial charge < -0.3 is 4.74 Å². The van der Waals surface area contributed by atoms with E-state index in [1.165, 1.54) is 6.20 Å². The number of alkyl halides is 3. The number of ether oxygens (including phenoxy) is 1. The number of carbonyl (C=O) groups excluding carboxylic acids is 1. The summed E-state index contributed by atoms with van der Waals surface area (Å²) in [5, 5.41) is 3.74. The van der Waals surface area contributed by atoms with Crippen molar-refractivity contribution in [2.75, 3.05) is 6.61 Å². The first-order valence-corrected chi connectivity index (χ1v) is 7.07. The fraction of sp³-hybridized carbons (Fsp3) is 0.714. The molecule has 116 valence electrons. The summed E-state index contributed by atoms with van der Waals surface area (Å²) < 4.78 is 43.8. The predicted octanol–water partition coefficient (Wildman–Crippen LogP) is 3.28. The van der Waals surface area contributed by atoms with Crippen molar-refractivity contribution >= 4 is 5.97 Å². The van der Waals surface area contributed by atoms with Gasteiger partial charge in [0.05, 0.1) is 18.5 Å². The Labute approximate surface area is 120 Å². The zero-order valence-corrected chi connectivity index (χ0v) is 11.7. The van der Waals surface area contributed by atoms with E-state index in [1.807, 2.05) is 6.92 Å². The lowest BCUT2D eigenvalue weighted by molar-refractivity contribution is -0.143. The summed E-state index contributed by atoms with van der Waals surface area (Å²) in [7, 11) is 0. The lowest BCUT2D eigenvalue weighted by Gasteiger charge is -2.12. The van der Waals surface area contributed by atoms with Gasteiger partial charge in [0.15, 0.2) is 0 Å². The summed E-state index contributed by atoms with van der Waals surface area (Å²) in [5.41, 5.74) is 0.612. The second kappa shape index (κ2) is 4.74. The number of carbonyl (C=O) groups is 1. The van der Waals surface area contributed by atoms with E-state index in [0.29, 0.717) is 12.3 Å². The maximum atomic E-state index is 12.6. The van der Waals surface area contributed by atoms with E-state index in [9.17, 15) is 18.0 Å².